The average molecular weight is 398 g/mol. The molecule has 4 nitrogen and oxygen atoms in total. The van der Waals surface area contributed by atoms with Crippen LogP contribution in [0.25, 0.3) is 0 Å². The molecule has 1 aliphatic carbocycles. The second-order valence-electron chi connectivity index (χ2n) is 5.42. The molecule has 0 aromatic heterocycles. The second kappa shape index (κ2) is 7.92. The summed E-state index contributed by atoms with van der Waals surface area (Å²) in [5, 5.41) is 0. The van der Waals surface area contributed by atoms with Crippen molar-refractivity contribution in [2.24, 2.45) is 11.7 Å². The smallest absolute Gasteiger partial charge is 0.241 e. The van der Waals surface area contributed by atoms with Crippen LogP contribution in [0.3, 0.4) is 0 Å². The third kappa shape index (κ3) is 4.66. The van der Waals surface area contributed by atoms with Crippen molar-refractivity contribution in [3.8, 4) is 0 Å². The van der Waals surface area contributed by atoms with E-state index >= 15 is 0 Å². The lowest BCUT2D eigenvalue weighted by Gasteiger charge is -2.31. The number of sulfonamides is 1. The second-order valence-corrected chi connectivity index (χ2v) is 8.02. The van der Waals surface area contributed by atoms with Gasteiger partial charge in [-0.15, -0.1) is 12.4 Å². The van der Waals surface area contributed by atoms with Crippen LogP contribution >= 0.6 is 28.3 Å². The highest BCUT2D eigenvalue weighted by atomic mass is 79.9. The van der Waals surface area contributed by atoms with E-state index in [0.717, 1.165) is 35.7 Å². The molecule has 0 saturated heterocycles. The van der Waals surface area contributed by atoms with Crippen LogP contribution in [0.1, 0.15) is 31.2 Å². The van der Waals surface area contributed by atoms with E-state index < -0.39 is 10.0 Å². The maximum atomic E-state index is 12.6. The third-order valence-corrected chi connectivity index (χ3v) is 6.08. The maximum absolute atomic E-state index is 12.6. The van der Waals surface area contributed by atoms with Gasteiger partial charge in [-0.05, 0) is 49.9 Å². The molecule has 0 radical (unpaired) electrons. The fourth-order valence-corrected chi connectivity index (χ4v) is 4.89. The van der Waals surface area contributed by atoms with E-state index in [1.165, 1.54) is 0 Å². The maximum Gasteiger partial charge on any atom is 0.241 e. The Bertz CT molecular complexity index is 580. The van der Waals surface area contributed by atoms with E-state index in [9.17, 15) is 8.42 Å². The number of halogens is 2. The first-order valence-corrected chi connectivity index (χ1v) is 9.20. The van der Waals surface area contributed by atoms with Gasteiger partial charge in [-0.25, -0.2) is 13.1 Å². The van der Waals surface area contributed by atoms with Crippen molar-refractivity contribution in [3.63, 3.8) is 0 Å². The molecule has 2 unspecified atom stereocenters. The minimum Gasteiger partial charge on any atom is -0.330 e. The molecule has 21 heavy (non-hydrogen) atoms. The minimum absolute atomic E-state index is 0. The molecule has 1 aliphatic rings. The first-order chi connectivity index (χ1) is 9.44. The van der Waals surface area contributed by atoms with Crippen LogP contribution < -0.4 is 10.5 Å². The summed E-state index contributed by atoms with van der Waals surface area (Å²) in [7, 11) is -3.49. The van der Waals surface area contributed by atoms with E-state index in [1.54, 1.807) is 12.1 Å². The molecular weight excluding hydrogens is 376 g/mol. The lowest BCUT2D eigenvalue weighted by Crippen LogP contribution is -2.44. The highest BCUT2D eigenvalue weighted by molar-refractivity contribution is 9.10. The van der Waals surface area contributed by atoms with Gasteiger partial charge in [0.1, 0.15) is 0 Å². The number of hydrogen-bond donors (Lipinski definition) is 2. The minimum atomic E-state index is -3.49. The summed E-state index contributed by atoms with van der Waals surface area (Å²) in [4.78, 5) is 0.341. The molecule has 1 fully saturated rings. The van der Waals surface area contributed by atoms with Crippen molar-refractivity contribution in [3.05, 3.63) is 28.2 Å². The Balaban J connectivity index is 0.00000220. The van der Waals surface area contributed by atoms with Crippen LogP contribution in [0.15, 0.2) is 27.6 Å². The quantitative estimate of drug-likeness (QED) is 0.820. The molecule has 1 saturated carbocycles. The fraction of sp³-hybridized carbons (Fsp3) is 0.571. The third-order valence-electron chi connectivity index (χ3n) is 3.96. The Hall–Kier alpha value is -0.140. The molecule has 1 aromatic rings. The van der Waals surface area contributed by atoms with Gasteiger partial charge < -0.3 is 5.73 Å². The van der Waals surface area contributed by atoms with E-state index in [-0.39, 0.29) is 24.4 Å². The number of hydrogen-bond acceptors (Lipinski definition) is 3. The van der Waals surface area contributed by atoms with Gasteiger partial charge in [-0.3, -0.25) is 0 Å². The SMILES string of the molecule is Cc1ccc(Br)cc1S(=O)(=O)NC1CCCCC1CN.Cl. The molecule has 0 amide bonds. The molecule has 0 spiro atoms. The standard InChI is InChI=1S/C14H21BrN2O2S.ClH/c1-10-6-7-12(15)8-14(10)20(18,19)17-13-5-3-2-4-11(13)9-16;/h6-8,11,13,17H,2-5,9,16H2,1H3;1H. The van der Waals surface area contributed by atoms with Gasteiger partial charge in [-0.1, -0.05) is 34.8 Å². The summed E-state index contributed by atoms with van der Waals surface area (Å²) < 4.78 is 28.7. The first-order valence-electron chi connectivity index (χ1n) is 6.92. The van der Waals surface area contributed by atoms with Gasteiger partial charge in [0.2, 0.25) is 10.0 Å². The van der Waals surface area contributed by atoms with Crippen molar-refractivity contribution < 1.29 is 8.42 Å². The number of nitrogens with two attached hydrogens (primary N) is 1. The van der Waals surface area contributed by atoms with E-state index in [0.29, 0.717) is 11.4 Å². The largest absolute Gasteiger partial charge is 0.330 e. The number of aryl methyl sites for hydroxylation is 1. The summed E-state index contributed by atoms with van der Waals surface area (Å²) in [6, 6.07) is 5.26. The summed E-state index contributed by atoms with van der Waals surface area (Å²) in [5.74, 6) is 0.242. The average Bonchev–Trinajstić information content (AvgIpc) is 2.41. The Morgan fingerprint density at radius 1 is 1.33 bits per heavy atom. The molecule has 7 heteroatoms. The summed E-state index contributed by atoms with van der Waals surface area (Å²) in [6.07, 6.45) is 4.06. The van der Waals surface area contributed by atoms with Crippen LogP contribution in [0.5, 0.6) is 0 Å². The van der Waals surface area contributed by atoms with Crippen LogP contribution in [-0.2, 0) is 10.0 Å². The fourth-order valence-electron chi connectivity index (χ4n) is 2.77. The summed E-state index contributed by atoms with van der Waals surface area (Å²) >= 11 is 3.33. The molecule has 2 atom stereocenters. The van der Waals surface area contributed by atoms with Crippen molar-refractivity contribution in [2.45, 2.75) is 43.5 Å². The van der Waals surface area contributed by atoms with Crippen LogP contribution in [0, 0.1) is 12.8 Å². The Morgan fingerprint density at radius 2 is 2.00 bits per heavy atom. The van der Waals surface area contributed by atoms with Gasteiger partial charge in [-0.2, -0.15) is 0 Å². The van der Waals surface area contributed by atoms with Crippen molar-refractivity contribution in [2.75, 3.05) is 6.54 Å². The lowest BCUT2D eigenvalue weighted by molar-refractivity contribution is 0.296. The molecular formula is C14H22BrClN2O2S. The highest BCUT2D eigenvalue weighted by Crippen LogP contribution is 2.26. The van der Waals surface area contributed by atoms with Gasteiger partial charge >= 0.3 is 0 Å². The van der Waals surface area contributed by atoms with Gasteiger partial charge in [0.25, 0.3) is 0 Å². The predicted octanol–water partition coefficient (Wildman–Crippen LogP) is 2.98. The molecule has 120 valence electrons. The van der Waals surface area contributed by atoms with Crippen LogP contribution in [0.4, 0.5) is 0 Å². The zero-order valence-electron chi connectivity index (χ0n) is 12.0. The van der Waals surface area contributed by atoms with E-state index in [4.69, 9.17) is 5.73 Å². The zero-order chi connectivity index (χ0) is 14.8. The van der Waals surface area contributed by atoms with Crippen LogP contribution in [-0.4, -0.2) is 21.0 Å². The van der Waals surface area contributed by atoms with E-state index in [2.05, 4.69) is 20.7 Å². The number of rotatable bonds is 4. The number of benzene rings is 1. The summed E-state index contributed by atoms with van der Waals surface area (Å²) in [5.41, 5.74) is 6.51. The van der Waals surface area contributed by atoms with Gasteiger partial charge in [0.05, 0.1) is 4.90 Å². The molecule has 0 bridgehead atoms. The van der Waals surface area contributed by atoms with E-state index in [1.807, 2.05) is 13.0 Å². The molecule has 0 aliphatic heterocycles. The molecule has 1 aromatic carbocycles. The molecule has 3 N–H and O–H groups in total. The first kappa shape index (κ1) is 18.9. The zero-order valence-corrected chi connectivity index (χ0v) is 15.2. The normalized spacial score (nSPS) is 22.6. The lowest BCUT2D eigenvalue weighted by atomic mass is 9.85. The van der Waals surface area contributed by atoms with Crippen molar-refractivity contribution >= 4 is 38.4 Å². The topological polar surface area (TPSA) is 72.2 Å². The van der Waals surface area contributed by atoms with Crippen molar-refractivity contribution in [1.82, 2.24) is 4.72 Å². The van der Waals surface area contributed by atoms with Crippen LogP contribution in [0.2, 0.25) is 0 Å². The van der Waals surface area contributed by atoms with Gasteiger partial charge in [0, 0.05) is 10.5 Å². The Kier molecular flexibility index (Phi) is 7.13. The van der Waals surface area contributed by atoms with Gasteiger partial charge in [0.15, 0.2) is 0 Å². The monoisotopic (exact) mass is 396 g/mol. The van der Waals surface area contributed by atoms with Crippen molar-refractivity contribution in [1.29, 1.82) is 0 Å². The Labute approximate surface area is 141 Å². The molecule has 0 heterocycles. The highest BCUT2D eigenvalue weighted by Gasteiger charge is 2.29. The summed E-state index contributed by atoms with van der Waals surface area (Å²) in [6.45, 7) is 2.34. The molecule has 2 rings (SSSR count). The Morgan fingerprint density at radius 3 is 2.67 bits per heavy atom. The predicted molar refractivity (Wildman–Crippen MR) is 91.2 cm³/mol. The number of nitrogens with one attached hydrogen (secondary N) is 1.